The Morgan fingerprint density at radius 2 is 1.58 bits per heavy atom. The van der Waals surface area contributed by atoms with Gasteiger partial charge in [0.25, 0.3) is 0 Å². The summed E-state index contributed by atoms with van der Waals surface area (Å²) in [4.78, 5) is 24.1. The zero-order valence-electron chi connectivity index (χ0n) is 14.0. The van der Waals surface area contributed by atoms with Crippen LogP contribution in [0.15, 0.2) is 24.3 Å². The van der Waals surface area contributed by atoms with E-state index >= 15 is 0 Å². The number of benzene rings is 1. The summed E-state index contributed by atoms with van der Waals surface area (Å²) in [5, 5.41) is 16.1. The molecule has 1 fully saturated rings. The van der Waals surface area contributed by atoms with E-state index in [1.54, 1.807) is 0 Å². The van der Waals surface area contributed by atoms with Gasteiger partial charge in [0, 0.05) is 25.4 Å². The fraction of sp³-hybridized carbons (Fsp3) is 0.579. The van der Waals surface area contributed by atoms with E-state index in [0.29, 0.717) is 12.8 Å². The number of aliphatic hydroxyl groups is 1. The predicted molar refractivity (Wildman–Crippen MR) is 91.4 cm³/mol. The van der Waals surface area contributed by atoms with Gasteiger partial charge >= 0.3 is 11.8 Å². The Morgan fingerprint density at radius 3 is 2.17 bits per heavy atom. The lowest BCUT2D eigenvalue weighted by Crippen LogP contribution is -2.49. The molecule has 2 amide bonds. The number of nitrogens with one attached hydrogen (secondary N) is 2. The van der Waals surface area contributed by atoms with Crippen LogP contribution in [0.1, 0.15) is 49.7 Å². The maximum Gasteiger partial charge on any atom is 0.309 e. The quantitative estimate of drug-likeness (QED) is 0.580. The van der Waals surface area contributed by atoms with Crippen LogP contribution >= 0.6 is 0 Å². The Bertz CT molecular complexity index is 581. The summed E-state index contributed by atoms with van der Waals surface area (Å²) in [6, 6.07) is 7.98. The molecule has 1 aromatic rings. The van der Waals surface area contributed by atoms with E-state index in [0.717, 1.165) is 36.8 Å². The van der Waals surface area contributed by atoms with E-state index in [2.05, 4.69) is 10.6 Å². The molecule has 1 aromatic carbocycles. The maximum atomic E-state index is 12.0. The first-order chi connectivity index (χ1) is 11.6. The first-order valence-corrected chi connectivity index (χ1v) is 8.94. The maximum absolute atomic E-state index is 12.0. The minimum Gasteiger partial charge on any atom is -0.387 e. The Morgan fingerprint density at radius 1 is 1.00 bits per heavy atom. The highest BCUT2D eigenvalue weighted by Gasteiger charge is 2.35. The predicted octanol–water partition coefficient (Wildman–Crippen LogP) is 1.47. The summed E-state index contributed by atoms with van der Waals surface area (Å²) >= 11 is 0. The summed E-state index contributed by atoms with van der Waals surface area (Å²) in [5.41, 5.74) is 1.22. The molecule has 0 aliphatic heterocycles. The second kappa shape index (κ2) is 7.34. The van der Waals surface area contributed by atoms with Crippen molar-refractivity contribution in [2.45, 2.75) is 63.0 Å². The molecule has 5 nitrogen and oxygen atoms in total. The summed E-state index contributed by atoms with van der Waals surface area (Å²) in [5.74, 6) is -1.23. The fourth-order valence-electron chi connectivity index (χ4n) is 3.80. The third-order valence-corrected chi connectivity index (χ3v) is 5.13. The largest absolute Gasteiger partial charge is 0.387 e. The summed E-state index contributed by atoms with van der Waals surface area (Å²) in [7, 11) is 0. The van der Waals surface area contributed by atoms with Crippen molar-refractivity contribution in [3.8, 4) is 0 Å². The van der Waals surface area contributed by atoms with Gasteiger partial charge in [-0.3, -0.25) is 9.59 Å². The Kier molecular flexibility index (Phi) is 5.19. The molecule has 24 heavy (non-hydrogen) atoms. The highest BCUT2D eigenvalue weighted by Crippen LogP contribution is 2.29. The van der Waals surface area contributed by atoms with Crippen LogP contribution in [0.25, 0.3) is 0 Å². The minimum absolute atomic E-state index is 0.0958. The highest BCUT2D eigenvalue weighted by atomic mass is 16.3. The smallest absolute Gasteiger partial charge is 0.309 e. The van der Waals surface area contributed by atoms with Crippen LogP contribution in [-0.4, -0.2) is 35.1 Å². The van der Waals surface area contributed by atoms with Crippen LogP contribution in [0.5, 0.6) is 0 Å². The van der Waals surface area contributed by atoms with E-state index in [4.69, 9.17) is 0 Å². The van der Waals surface area contributed by atoms with E-state index in [1.165, 1.54) is 12.8 Å². The van der Waals surface area contributed by atoms with Crippen molar-refractivity contribution >= 4 is 11.8 Å². The zero-order valence-corrected chi connectivity index (χ0v) is 14.0. The van der Waals surface area contributed by atoms with Crippen molar-refractivity contribution in [2.75, 3.05) is 6.54 Å². The Hall–Kier alpha value is -1.88. The average molecular weight is 330 g/mol. The third kappa shape index (κ3) is 4.15. The molecule has 3 N–H and O–H groups in total. The number of amides is 2. The minimum atomic E-state index is -0.998. The van der Waals surface area contributed by atoms with E-state index in [9.17, 15) is 14.7 Å². The lowest BCUT2D eigenvalue weighted by Gasteiger charge is -2.23. The van der Waals surface area contributed by atoms with Crippen molar-refractivity contribution in [1.29, 1.82) is 0 Å². The van der Waals surface area contributed by atoms with Crippen LogP contribution in [0.2, 0.25) is 0 Å². The second-order valence-electron chi connectivity index (χ2n) is 7.19. The van der Waals surface area contributed by atoms with Crippen LogP contribution in [0, 0.1) is 0 Å². The van der Waals surface area contributed by atoms with Crippen LogP contribution in [0.3, 0.4) is 0 Å². The third-order valence-electron chi connectivity index (χ3n) is 5.13. The molecule has 130 valence electrons. The molecule has 0 radical (unpaired) electrons. The Labute approximate surface area is 142 Å². The standard InChI is InChI=1S/C19H26N2O3/c22-17(18(23)21-16-9-3-1-2-4-10-16)20-13-19(24)11-14-7-5-6-8-15(14)12-19/h5-8,16,24H,1-4,9-13H2,(H,20,22)(H,21,23). The normalized spacial score (nSPS) is 20.0. The molecule has 2 aliphatic rings. The topological polar surface area (TPSA) is 78.4 Å². The summed E-state index contributed by atoms with van der Waals surface area (Å²) in [6.45, 7) is 0.0958. The van der Waals surface area contributed by atoms with Gasteiger partial charge in [-0.05, 0) is 24.0 Å². The monoisotopic (exact) mass is 330 g/mol. The molecule has 0 bridgehead atoms. The molecule has 0 aromatic heterocycles. The van der Waals surface area contributed by atoms with Gasteiger partial charge in [0.2, 0.25) is 0 Å². The lowest BCUT2D eigenvalue weighted by molar-refractivity contribution is -0.140. The van der Waals surface area contributed by atoms with Crippen LogP contribution < -0.4 is 10.6 Å². The van der Waals surface area contributed by atoms with Gasteiger partial charge in [0.05, 0.1) is 5.60 Å². The number of hydrogen-bond acceptors (Lipinski definition) is 3. The molecular weight excluding hydrogens is 304 g/mol. The number of fused-ring (bicyclic) bond motifs is 1. The molecule has 1 saturated carbocycles. The molecule has 0 unspecified atom stereocenters. The summed E-state index contributed by atoms with van der Waals surface area (Å²) < 4.78 is 0. The molecule has 2 aliphatic carbocycles. The van der Waals surface area contributed by atoms with Gasteiger partial charge in [-0.2, -0.15) is 0 Å². The number of rotatable bonds is 3. The lowest BCUT2D eigenvalue weighted by atomic mass is 10.0. The first kappa shape index (κ1) is 17.0. The number of hydrogen-bond donors (Lipinski definition) is 3. The van der Waals surface area contributed by atoms with Crippen molar-refractivity contribution in [1.82, 2.24) is 10.6 Å². The molecule has 0 saturated heterocycles. The van der Waals surface area contributed by atoms with E-state index < -0.39 is 17.4 Å². The fourth-order valence-corrected chi connectivity index (χ4v) is 3.80. The highest BCUT2D eigenvalue weighted by molar-refractivity contribution is 6.35. The molecule has 5 heteroatoms. The number of carbonyl (C=O) groups is 2. The van der Waals surface area contributed by atoms with Crippen molar-refractivity contribution < 1.29 is 14.7 Å². The molecular formula is C19H26N2O3. The van der Waals surface area contributed by atoms with Gasteiger partial charge in [-0.15, -0.1) is 0 Å². The molecule has 3 rings (SSSR count). The molecule has 0 spiro atoms. The molecule has 0 heterocycles. The van der Waals surface area contributed by atoms with E-state index in [1.807, 2.05) is 24.3 Å². The first-order valence-electron chi connectivity index (χ1n) is 8.94. The van der Waals surface area contributed by atoms with Gasteiger partial charge < -0.3 is 15.7 Å². The molecule has 0 atom stereocenters. The average Bonchev–Trinajstić information content (AvgIpc) is 2.71. The van der Waals surface area contributed by atoms with E-state index in [-0.39, 0.29) is 12.6 Å². The van der Waals surface area contributed by atoms with Gasteiger partial charge in [-0.25, -0.2) is 0 Å². The zero-order chi connectivity index (χ0) is 17.0. The van der Waals surface area contributed by atoms with Gasteiger partial charge in [-0.1, -0.05) is 49.9 Å². The number of carbonyl (C=O) groups excluding carboxylic acids is 2. The SMILES string of the molecule is O=C(NCC1(O)Cc2ccccc2C1)C(=O)NC1CCCCCC1. The van der Waals surface area contributed by atoms with Crippen LogP contribution in [0.4, 0.5) is 0 Å². The van der Waals surface area contributed by atoms with Crippen molar-refractivity contribution in [3.05, 3.63) is 35.4 Å². The second-order valence-corrected chi connectivity index (χ2v) is 7.19. The van der Waals surface area contributed by atoms with Gasteiger partial charge in [0.15, 0.2) is 0 Å². The van der Waals surface area contributed by atoms with Crippen molar-refractivity contribution in [3.63, 3.8) is 0 Å². The van der Waals surface area contributed by atoms with Crippen molar-refractivity contribution in [2.24, 2.45) is 0 Å². The van der Waals surface area contributed by atoms with Crippen LogP contribution in [-0.2, 0) is 22.4 Å². The van der Waals surface area contributed by atoms with Gasteiger partial charge in [0.1, 0.15) is 0 Å². The Balaban J connectivity index is 1.47. The summed E-state index contributed by atoms with van der Waals surface area (Å²) in [6.07, 6.45) is 7.51.